The largest absolute Gasteiger partial charge is 0.326 e. The van der Waals surface area contributed by atoms with Crippen LogP contribution in [0.5, 0.6) is 0 Å². The third-order valence-electron chi connectivity index (χ3n) is 1.96. The molecule has 11 heavy (non-hydrogen) atoms. The van der Waals surface area contributed by atoms with Crippen LogP contribution in [-0.4, -0.2) is 21.0 Å². The van der Waals surface area contributed by atoms with Crippen LogP contribution >= 0.6 is 0 Å². The highest BCUT2D eigenvalue weighted by Gasteiger charge is 2.30. The third kappa shape index (κ3) is 3.89. The minimum Gasteiger partial charge on any atom is -0.326 e. The van der Waals surface area contributed by atoms with Crippen molar-refractivity contribution in [2.75, 3.05) is 6.54 Å². The summed E-state index contributed by atoms with van der Waals surface area (Å²) in [6.45, 7) is 8.08. The molecule has 1 saturated carbocycles. The Bertz CT molecular complexity index is 121. The predicted octanol–water partition coefficient (Wildman–Crippen LogP) is 1.44. The van der Waals surface area contributed by atoms with Gasteiger partial charge in [-0.3, -0.25) is 0 Å². The van der Waals surface area contributed by atoms with Gasteiger partial charge >= 0.3 is 0 Å². The molecule has 1 fully saturated rings. The predicted molar refractivity (Wildman–Crippen MR) is 51.9 cm³/mol. The number of nitrogens with one attached hydrogen (secondary N) is 2. The van der Waals surface area contributed by atoms with Crippen molar-refractivity contribution in [3.05, 3.63) is 0 Å². The fraction of sp³-hybridized carbons (Fsp3) is 1.00. The second kappa shape index (κ2) is 3.69. The van der Waals surface area contributed by atoms with Gasteiger partial charge in [-0.1, -0.05) is 6.92 Å². The van der Waals surface area contributed by atoms with Crippen LogP contribution in [0.3, 0.4) is 0 Å². The normalized spacial score (nSPS) is 18.8. The fourth-order valence-electron chi connectivity index (χ4n) is 1.23. The van der Waals surface area contributed by atoms with Crippen molar-refractivity contribution in [1.82, 2.24) is 9.96 Å². The van der Waals surface area contributed by atoms with Crippen molar-refractivity contribution in [3.8, 4) is 0 Å². The molecule has 66 valence electrons. The Morgan fingerprint density at radius 3 is 2.45 bits per heavy atom. The molecule has 2 nitrogen and oxygen atoms in total. The van der Waals surface area contributed by atoms with Gasteiger partial charge in [-0.25, -0.2) is 0 Å². The first-order valence-corrected chi connectivity index (χ1v) is 7.67. The summed E-state index contributed by atoms with van der Waals surface area (Å²) in [7, 11) is -1.22. The van der Waals surface area contributed by atoms with Gasteiger partial charge in [-0.05, 0) is 38.9 Å². The maximum atomic E-state index is 3.69. The molecule has 0 radical (unpaired) electrons. The topological polar surface area (TPSA) is 24.1 Å². The molecule has 0 atom stereocenters. The van der Waals surface area contributed by atoms with Gasteiger partial charge in [0.2, 0.25) is 0 Å². The lowest BCUT2D eigenvalue weighted by Gasteiger charge is -2.24. The second-order valence-corrected chi connectivity index (χ2v) is 7.86. The van der Waals surface area contributed by atoms with E-state index >= 15 is 0 Å². The standard InChI is InChI=1S/C8H20N2Si/c1-4-7-9-11(2,3)10-8-5-6-8/h8-10H,4-7H2,1-3H3. The smallest absolute Gasteiger partial charge is 0.195 e. The highest BCUT2D eigenvalue weighted by atomic mass is 28.3. The monoisotopic (exact) mass is 172 g/mol. The van der Waals surface area contributed by atoms with Gasteiger partial charge in [-0.2, -0.15) is 0 Å². The van der Waals surface area contributed by atoms with E-state index in [9.17, 15) is 0 Å². The van der Waals surface area contributed by atoms with Gasteiger partial charge in [-0.15, -0.1) is 0 Å². The highest BCUT2D eigenvalue weighted by molar-refractivity contribution is 6.72. The molecule has 0 aliphatic heterocycles. The van der Waals surface area contributed by atoms with Gasteiger partial charge in [0.05, 0.1) is 0 Å². The summed E-state index contributed by atoms with van der Waals surface area (Å²) in [6.07, 6.45) is 4.03. The zero-order chi connectivity index (χ0) is 8.32. The Morgan fingerprint density at radius 1 is 1.36 bits per heavy atom. The average Bonchev–Trinajstić information content (AvgIpc) is 2.67. The first kappa shape index (κ1) is 9.23. The van der Waals surface area contributed by atoms with Gasteiger partial charge in [0.1, 0.15) is 0 Å². The first-order valence-electron chi connectivity index (χ1n) is 4.67. The molecular formula is C8H20N2Si. The van der Waals surface area contributed by atoms with E-state index in [-0.39, 0.29) is 0 Å². The van der Waals surface area contributed by atoms with Crippen LogP contribution in [0, 0.1) is 0 Å². The van der Waals surface area contributed by atoms with Crippen LogP contribution < -0.4 is 9.96 Å². The van der Waals surface area contributed by atoms with Crippen molar-refractivity contribution < 1.29 is 0 Å². The summed E-state index contributed by atoms with van der Waals surface area (Å²) in [5.74, 6) is 0. The number of rotatable bonds is 5. The molecular weight excluding hydrogens is 152 g/mol. The Kier molecular flexibility index (Phi) is 3.10. The minimum absolute atomic E-state index is 0.848. The molecule has 3 heteroatoms. The number of hydrogen-bond donors (Lipinski definition) is 2. The van der Waals surface area contributed by atoms with Crippen LogP contribution in [-0.2, 0) is 0 Å². The molecule has 0 heterocycles. The van der Waals surface area contributed by atoms with E-state index in [1.165, 1.54) is 25.8 Å². The van der Waals surface area contributed by atoms with Crippen LogP contribution in [0.4, 0.5) is 0 Å². The van der Waals surface area contributed by atoms with Gasteiger partial charge in [0.25, 0.3) is 0 Å². The first-order chi connectivity index (χ1) is 5.14. The molecule has 0 bridgehead atoms. The lowest BCUT2D eigenvalue weighted by molar-refractivity contribution is 0.786. The molecule has 0 aromatic carbocycles. The molecule has 0 aromatic heterocycles. The molecule has 2 N–H and O–H groups in total. The van der Waals surface area contributed by atoms with E-state index in [1.54, 1.807) is 0 Å². The van der Waals surface area contributed by atoms with E-state index in [2.05, 4.69) is 30.0 Å². The van der Waals surface area contributed by atoms with E-state index < -0.39 is 8.40 Å². The van der Waals surface area contributed by atoms with Gasteiger partial charge in [0, 0.05) is 6.04 Å². The van der Waals surface area contributed by atoms with E-state index in [1.807, 2.05) is 0 Å². The van der Waals surface area contributed by atoms with Crippen LogP contribution in [0.25, 0.3) is 0 Å². The van der Waals surface area contributed by atoms with Crippen molar-refractivity contribution in [1.29, 1.82) is 0 Å². The fourth-order valence-corrected chi connectivity index (χ4v) is 3.51. The van der Waals surface area contributed by atoms with Crippen LogP contribution in [0.2, 0.25) is 13.1 Å². The molecule has 1 rings (SSSR count). The van der Waals surface area contributed by atoms with E-state index in [4.69, 9.17) is 0 Å². The average molecular weight is 172 g/mol. The van der Waals surface area contributed by atoms with Crippen LogP contribution in [0.1, 0.15) is 26.2 Å². The molecule has 1 aliphatic carbocycles. The lowest BCUT2D eigenvalue weighted by atomic mass is 10.5. The Labute approximate surface area is 70.9 Å². The minimum atomic E-state index is -1.22. The highest BCUT2D eigenvalue weighted by Crippen LogP contribution is 2.20. The Morgan fingerprint density at radius 2 is 2.00 bits per heavy atom. The zero-order valence-corrected chi connectivity index (χ0v) is 8.91. The van der Waals surface area contributed by atoms with Crippen molar-refractivity contribution >= 4 is 8.40 Å². The maximum Gasteiger partial charge on any atom is 0.195 e. The maximum absolute atomic E-state index is 3.69. The van der Waals surface area contributed by atoms with Crippen molar-refractivity contribution in [2.24, 2.45) is 0 Å². The van der Waals surface area contributed by atoms with Gasteiger partial charge in [0.15, 0.2) is 8.40 Å². The summed E-state index contributed by atoms with van der Waals surface area (Å²) in [5, 5.41) is 0. The van der Waals surface area contributed by atoms with E-state index in [0.717, 1.165) is 6.04 Å². The number of hydrogen-bond acceptors (Lipinski definition) is 2. The molecule has 0 saturated heterocycles. The second-order valence-electron chi connectivity index (χ2n) is 3.97. The molecule has 1 aliphatic rings. The van der Waals surface area contributed by atoms with Gasteiger partial charge < -0.3 is 9.96 Å². The summed E-state index contributed by atoms with van der Waals surface area (Å²) >= 11 is 0. The van der Waals surface area contributed by atoms with Crippen molar-refractivity contribution in [2.45, 2.75) is 45.3 Å². The SMILES string of the molecule is CCCN[Si](C)(C)NC1CC1. The zero-order valence-electron chi connectivity index (χ0n) is 7.91. The Hall–Kier alpha value is 0.137. The lowest BCUT2D eigenvalue weighted by Crippen LogP contribution is -2.58. The summed E-state index contributed by atoms with van der Waals surface area (Å²) in [4.78, 5) is 7.30. The summed E-state index contributed by atoms with van der Waals surface area (Å²) in [5.41, 5.74) is 0. The molecule has 0 spiro atoms. The van der Waals surface area contributed by atoms with Crippen LogP contribution in [0.15, 0.2) is 0 Å². The summed E-state index contributed by atoms with van der Waals surface area (Å²) in [6, 6.07) is 0.848. The Balaban J connectivity index is 2.14. The quantitative estimate of drug-likeness (QED) is 0.613. The molecule has 0 amide bonds. The molecule has 0 unspecified atom stereocenters. The third-order valence-corrected chi connectivity index (χ3v) is 4.22. The van der Waals surface area contributed by atoms with Crippen molar-refractivity contribution in [3.63, 3.8) is 0 Å². The summed E-state index contributed by atoms with van der Waals surface area (Å²) < 4.78 is 0. The molecule has 0 aromatic rings. The van der Waals surface area contributed by atoms with E-state index in [0.29, 0.717) is 0 Å².